The minimum atomic E-state index is -2.96. The van der Waals surface area contributed by atoms with Gasteiger partial charge in [0.2, 0.25) is 0 Å². The summed E-state index contributed by atoms with van der Waals surface area (Å²) >= 11 is 5.73. The number of hydrogen-bond acceptors (Lipinski definition) is 3. The molecule has 16 heavy (non-hydrogen) atoms. The SMILES string of the molecule is O=S1(=O)CCC(Nc2cc(Cl)ccc2F)C1. The summed E-state index contributed by atoms with van der Waals surface area (Å²) in [6.45, 7) is 0. The first-order valence-electron chi connectivity index (χ1n) is 4.88. The molecule has 1 atom stereocenters. The van der Waals surface area contributed by atoms with Crippen LogP contribution in [-0.2, 0) is 9.84 Å². The molecule has 0 amide bonds. The van der Waals surface area contributed by atoms with Crippen LogP contribution < -0.4 is 5.32 Å². The van der Waals surface area contributed by atoms with Crippen molar-refractivity contribution in [2.24, 2.45) is 0 Å². The summed E-state index contributed by atoms with van der Waals surface area (Å²) in [7, 11) is -2.96. The largest absolute Gasteiger partial charge is 0.379 e. The Morgan fingerprint density at radius 3 is 2.81 bits per heavy atom. The summed E-state index contributed by atoms with van der Waals surface area (Å²) < 4.78 is 35.8. The van der Waals surface area contributed by atoms with Crippen molar-refractivity contribution in [1.82, 2.24) is 0 Å². The second-order valence-electron chi connectivity index (χ2n) is 3.87. The van der Waals surface area contributed by atoms with Gasteiger partial charge in [0, 0.05) is 11.1 Å². The molecule has 1 N–H and O–H groups in total. The van der Waals surface area contributed by atoms with Crippen molar-refractivity contribution in [3.63, 3.8) is 0 Å². The maximum absolute atomic E-state index is 13.3. The third-order valence-corrected chi connectivity index (χ3v) is 4.52. The number of halogens is 2. The topological polar surface area (TPSA) is 46.2 Å². The van der Waals surface area contributed by atoms with Crippen LogP contribution in [0.5, 0.6) is 0 Å². The van der Waals surface area contributed by atoms with E-state index in [0.717, 1.165) is 0 Å². The monoisotopic (exact) mass is 263 g/mol. The Labute approximate surface area is 98.5 Å². The van der Waals surface area contributed by atoms with Crippen molar-refractivity contribution in [3.05, 3.63) is 29.0 Å². The molecule has 1 unspecified atom stereocenters. The number of nitrogens with one attached hydrogen (secondary N) is 1. The highest BCUT2D eigenvalue weighted by Crippen LogP contribution is 2.23. The number of sulfone groups is 1. The normalized spacial score (nSPS) is 23.2. The van der Waals surface area contributed by atoms with Gasteiger partial charge < -0.3 is 5.32 Å². The maximum atomic E-state index is 13.3. The number of rotatable bonds is 2. The molecule has 3 nitrogen and oxygen atoms in total. The lowest BCUT2D eigenvalue weighted by atomic mass is 10.2. The molecule has 1 saturated heterocycles. The Morgan fingerprint density at radius 1 is 1.44 bits per heavy atom. The lowest BCUT2D eigenvalue weighted by molar-refractivity contribution is 0.601. The van der Waals surface area contributed by atoms with Gasteiger partial charge in [0.25, 0.3) is 0 Å². The molecular weight excluding hydrogens is 253 g/mol. The molecule has 0 aromatic heterocycles. The van der Waals surface area contributed by atoms with Gasteiger partial charge in [0.1, 0.15) is 5.82 Å². The van der Waals surface area contributed by atoms with Gasteiger partial charge >= 0.3 is 0 Å². The molecule has 1 fully saturated rings. The first kappa shape index (κ1) is 11.7. The van der Waals surface area contributed by atoms with Gasteiger partial charge in [-0.15, -0.1) is 0 Å². The standard InChI is InChI=1S/C10H11ClFNO2S/c11-7-1-2-9(12)10(5-7)13-8-3-4-16(14,15)6-8/h1-2,5,8,13H,3-4,6H2. The van der Waals surface area contributed by atoms with Crippen LogP contribution in [0.2, 0.25) is 5.02 Å². The molecule has 1 heterocycles. The van der Waals surface area contributed by atoms with E-state index in [-0.39, 0.29) is 23.2 Å². The Hall–Kier alpha value is -0.810. The molecule has 0 spiro atoms. The van der Waals surface area contributed by atoms with Crippen molar-refractivity contribution < 1.29 is 12.8 Å². The highest BCUT2D eigenvalue weighted by molar-refractivity contribution is 7.91. The van der Waals surface area contributed by atoms with Gasteiger partial charge in [-0.05, 0) is 24.6 Å². The van der Waals surface area contributed by atoms with Crippen molar-refractivity contribution in [2.75, 3.05) is 16.8 Å². The maximum Gasteiger partial charge on any atom is 0.152 e. The van der Waals surface area contributed by atoms with Crippen molar-refractivity contribution >= 4 is 27.1 Å². The molecule has 1 aromatic carbocycles. The molecule has 0 radical (unpaired) electrons. The summed E-state index contributed by atoms with van der Waals surface area (Å²) in [5.74, 6) is -0.208. The summed E-state index contributed by atoms with van der Waals surface area (Å²) in [5.41, 5.74) is 0.259. The van der Waals surface area contributed by atoms with Gasteiger partial charge in [-0.1, -0.05) is 11.6 Å². The Bertz CT molecular complexity index is 504. The fourth-order valence-electron chi connectivity index (χ4n) is 1.74. The number of hydrogen-bond donors (Lipinski definition) is 1. The van der Waals surface area contributed by atoms with Gasteiger partial charge in [-0.2, -0.15) is 0 Å². The molecule has 0 saturated carbocycles. The quantitative estimate of drug-likeness (QED) is 0.889. The first-order chi connectivity index (χ1) is 7.46. The minimum absolute atomic E-state index is 0.0545. The molecule has 1 aliphatic rings. The molecule has 0 aliphatic carbocycles. The van der Waals surface area contributed by atoms with E-state index in [1.165, 1.54) is 18.2 Å². The molecule has 2 rings (SSSR count). The van der Waals surface area contributed by atoms with Crippen LogP contribution in [0.15, 0.2) is 18.2 Å². The van der Waals surface area contributed by atoms with E-state index < -0.39 is 15.7 Å². The van der Waals surface area contributed by atoms with E-state index in [4.69, 9.17) is 11.6 Å². The van der Waals surface area contributed by atoms with Crippen LogP contribution in [0.1, 0.15) is 6.42 Å². The summed E-state index contributed by atoms with van der Waals surface area (Å²) in [5, 5.41) is 3.29. The Kier molecular flexibility index (Phi) is 3.08. The summed E-state index contributed by atoms with van der Waals surface area (Å²) in [6, 6.07) is 3.95. The fraction of sp³-hybridized carbons (Fsp3) is 0.400. The van der Waals surface area contributed by atoms with E-state index in [1.807, 2.05) is 0 Å². The van der Waals surface area contributed by atoms with E-state index in [1.54, 1.807) is 0 Å². The van der Waals surface area contributed by atoms with E-state index >= 15 is 0 Å². The average molecular weight is 264 g/mol. The number of anilines is 1. The van der Waals surface area contributed by atoms with Gasteiger partial charge in [0.15, 0.2) is 9.84 Å². The van der Waals surface area contributed by atoms with Crippen molar-refractivity contribution in [1.29, 1.82) is 0 Å². The third-order valence-electron chi connectivity index (χ3n) is 2.52. The molecular formula is C10H11ClFNO2S. The zero-order valence-corrected chi connectivity index (χ0v) is 9.98. The minimum Gasteiger partial charge on any atom is -0.379 e. The average Bonchev–Trinajstić information content (AvgIpc) is 2.52. The molecule has 1 aliphatic heterocycles. The predicted molar refractivity (Wildman–Crippen MR) is 62.1 cm³/mol. The van der Waals surface area contributed by atoms with Crippen LogP contribution >= 0.6 is 11.6 Å². The second kappa shape index (κ2) is 4.22. The zero-order valence-electron chi connectivity index (χ0n) is 8.41. The third kappa shape index (κ3) is 2.65. The van der Waals surface area contributed by atoms with Gasteiger partial charge in [0.05, 0.1) is 17.2 Å². The highest BCUT2D eigenvalue weighted by Gasteiger charge is 2.28. The number of benzene rings is 1. The highest BCUT2D eigenvalue weighted by atomic mass is 35.5. The van der Waals surface area contributed by atoms with Crippen LogP contribution in [0, 0.1) is 5.82 Å². The Balaban J connectivity index is 2.13. The second-order valence-corrected chi connectivity index (χ2v) is 6.53. The molecule has 88 valence electrons. The van der Waals surface area contributed by atoms with Crippen LogP contribution in [0.3, 0.4) is 0 Å². The van der Waals surface area contributed by atoms with E-state index in [2.05, 4.69) is 5.32 Å². The van der Waals surface area contributed by atoms with Crippen LogP contribution in [0.25, 0.3) is 0 Å². The first-order valence-corrected chi connectivity index (χ1v) is 7.08. The lowest BCUT2D eigenvalue weighted by Gasteiger charge is -2.13. The predicted octanol–water partition coefficient (Wildman–Crippen LogP) is 2.08. The van der Waals surface area contributed by atoms with Crippen molar-refractivity contribution in [2.45, 2.75) is 12.5 Å². The van der Waals surface area contributed by atoms with Gasteiger partial charge in [-0.3, -0.25) is 0 Å². The summed E-state index contributed by atoms with van der Waals surface area (Å²) in [4.78, 5) is 0. The molecule has 6 heteroatoms. The van der Waals surface area contributed by atoms with E-state index in [0.29, 0.717) is 11.4 Å². The zero-order chi connectivity index (χ0) is 11.8. The molecule has 1 aromatic rings. The smallest absolute Gasteiger partial charge is 0.152 e. The fourth-order valence-corrected chi connectivity index (χ4v) is 3.58. The van der Waals surface area contributed by atoms with Crippen molar-refractivity contribution in [3.8, 4) is 0 Å². The Morgan fingerprint density at radius 2 is 2.19 bits per heavy atom. The lowest BCUT2D eigenvalue weighted by Crippen LogP contribution is -2.21. The van der Waals surface area contributed by atoms with E-state index in [9.17, 15) is 12.8 Å². The van der Waals surface area contributed by atoms with Crippen LogP contribution in [-0.4, -0.2) is 26.0 Å². The molecule has 0 bridgehead atoms. The summed E-state index contributed by atoms with van der Waals surface area (Å²) in [6.07, 6.45) is 0.508. The van der Waals surface area contributed by atoms with Gasteiger partial charge in [-0.25, -0.2) is 12.8 Å². The van der Waals surface area contributed by atoms with Crippen LogP contribution in [0.4, 0.5) is 10.1 Å².